The van der Waals surface area contributed by atoms with E-state index in [4.69, 9.17) is 11.6 Å². The lowest BCUT2D eigenvalue weighted by Crippen LogP contribution is -2.51. The summed E-state index contributed by atoms with van der Waals surface area (Å²) in [7, 11) is 0. The maximum absolute atomic E-state index is 12.5. The maximum atomic E-state index is 12.5. The van der Waals surface area contributed by atoms with E-state index in [0.717, 1.165) is 30.7 Å². The Morgan fingerprint density at radius 2 is 1.92 bits per heavy atom. The van der Waals surface area contributed by atoms with Crippen LogP contribution in [0.4, 0.5) is 13.2 Å². The van der Waals surface area contributed by atoms with Crippen LogP contribution >= 0.6 is 11.6 Å². The van der Waals surface area contributed by atoms with Crippen LogP contribution < -0.4 is 5.32 Å². The number of benzene rings is 1. The van der Waals surface area contributed by atoms with Crippen molar-refractivity contribution in [3.05, 3.63) is 35.4 Å². The van der Waals surface area contributed by atoms with Crippen molar-refractivity contribution in [2.75, 3.05) is 13.1 Å². The molecule has 0 aromatic heterocycles. The van der Waals surface area contributed by atoms with Gasteiger partial charge in [-0.1, -0.05) is 0 Å². The zero-order valence-electron chi connectivity index (χ0n) is 13.1. The molecule has 2 unspecified atom stereocenters. The lowest BCUT2D eigenvalue weighted by molar-refractivity contribution is -0.137. The molecule has 0 radical (unpaired) electrons. The number of likely N-dealkylation sites (tertiary alicyclic amines) is 1. The topological polar surface area (TPSA) is 49.4 Å². The van der Waals surface area contributed by atoms with Crippen LogP contribution in [0, 0.1) is 0 Å². The fourth-order valence-electron chi connectivity index (χ4n) is 2.63. The summed E-state index contributed by atoms with van der Waals surface area (Å²) in [4.78, 5) is 25.7. The molecular weight excluding hydrogens is 345 g/mol. The second kappa shape index (κ2) is 7.42. The summed E-state index contributed by atoms with van der Waals surface area (Å²) >= 11 is 5.79. The first-order valence-electron chi connectivity index (χ1n) is 7.59. The number of piperidine rings is 1. The number of rotatable bonds is 3. The minimum Gasteiger partial charge on any atom is -0.348 e. The largest absolute Gasteiger partial charge is 0.416 e. The van der Waals surface area contributed by atoms with Crippen molar-refractivity contribution in [3.8, 4) is 0 Å². The van der Waals surface area contributed by atoms with E-state index < -0.39 is 23.0 Å². The molecule has 1 aromatic rings. The number of nitrogens with zero attached hydrogens (tertiary/aromatic N) is 1. The number of nitrogens with one attached hydrogen (secondary N) is 1. The van der Waals surface area contributed by atoms with Gasteiger partial charge in [-0.05, 0) is 44.0 Å². The van der Waals surface area contributed by atoms with Crippen LogP contribution in [0.1, 0.15) is 35.7 Å². The highest BCUT2D eigenvalue weighted by Gasteiger charge is 2.30. The number of hydrogen-bond donors (Lipinski definition) is 1. The highest BCUT2D eigenvalue weighted by atomic mass is 35.5. The van der Waals surface area contributed by atoms with Gasteiger partial charge in [0.1, 0.15) is 5.38 Å². The molecule has 4 nitrogen and oxygen atoms in total. The van der Waals surface area contributed by atoms with Crippen LogP contribution in [-0.2, 0) is 11.0 Å². The predicted molar refractivity (Wildman–Crippen MR) is 83.8 cm³/mol. The summed E-state index contributed by atoms with van der Waals surface area (Å²) in [5.74, 6) is -0.646. The van der Waals surface area contributed by atoms with Gasteiger partial charge in [0, 0.05) is 24.7 Å². The van der Waals surface area contributed by atoms with Crippen molar-refractivity contribution in [2.24, 2.45) is 0 Å². The van der Waals surface area contributed by atoms with E-state index in [-0.39, 0.29) is 17.5 Å². The zero-order valence-corrected chi connectivity index (χ0v) is 13.8. The van der Waals surface area contributed by atoms with Gasteiger partial charge in [-0.2, -0.15) is 13.2 Å². The zero-order chi connectivity index (χ0) is 17.9. The van der Waals surface area contributed by atoms with E-state index in [0.29, 0.717) is 19.5 Å². The average molecular weight is 363 g/mol. The highest BCUT2D eigenvalue weighted by molar-refractivity contribution is 6.30. The maximum Gasteiger partial charge on any atom is 0.416 e. The first kappa shape index (κ1) is 18.6. The third kappa shape index (κ3) is 4.63. The Morgan fingerprint density at radius 3 is 2.46 bits per heavy atom. The molecule has 2 atom stereocenters. The molecule has 1 aliphatic heterocycles. The van der Waals surface area contributed by atoms with Crippen molar-refractivity contribution in [3.63, 3.8) is 0 Å². The Hall–Kier alpha value is -1.76. The Kier molecular flexibility index (Phi) is 5.74. The van der Waals surface area contributed by atoms with Gasteiger partial charge in [-0.3, -0.25) is 9.59 Å². The van der Waals surface area contributed by atoms with E-state index in [1.807, 2.05) is 0 Å². The summed E-state index contributed by atoms with van der Waals surface area (Å²) in [6.45, 7) is 2.53. The smallest absolute Gasteiger partial charge is 0.348 e. The van der Waals surface area contributed by atoms with Crippen LogP contribution in [0.5, 0.6) is 0 Å². The summed E-state index contributed by atoms with van der Waals surface area (Å²) in [6.07, 6.45) is -3.00. The van der Waals surface area contributed by atoms with Gasteiger partial charge in [-0.25, -0.2) is 0 Å². The standard InChI is InChI=1S/C16H18ClF3N2O2/c1-10(17)15(24)22-8-2-3-13(9-22)21-14(23)11-4-6-12(7-5-11)16(18,19)20/h4-7,10,13H,2-3,8-9H2,1H3,(H,21,23). The minimum absolute atomic E-state index is 0.150. The fourth-order valence-corrected chi connectivity index (χ4v) is 2.76. The van der Waals surface area contributed by atoms with Crippen molar-refractivity contribution >= 4 is 23.4 Å². The summed E-state index contributed by atoms with van der Waals surface area (Å²) < 4.78 is 37.6. The molecule has 1 saturated heterocycles. The molecule has 1 heterocycles. The number of hydrogen-bond acceptors (Lipinski definition) is 2. The van der Waals surface area contributed by atoms with Crippen LogP contribution in [0.15, 0.2) is 24.3 Å². The molecule has 0 bridgehead atoms. The van der Waals surface area contributed by atoms with Crippen LogP contribution in [-0.4, -0.2) is 41.2 Å². The van der Waals surface area contributed by atoms with Gasteiger partial charge in [-0.15, -0.1) is 11.6 Å². The molecule has 0 spiro atoms. The molecule has 1 fully saturated rings. The molecule has 132 valence electrons. The Balaban J connectivity index is 1.98. The fraction of sp³-hybridized carbons (Fsp3) is 0.500. The van der Waals surface area contributed by atoms with Crippen molar-refractivity contribution < 1.29 is 22.8 Å². The first-order chi connectivity index (χ1) is 11.2. The van der Waals surface area contributed by atoms with E-state index in [2.05, 4.69) is 5.32 Å². The van der Waals surface area contributed by atoms with Gasteiger partial charge in [0.05, 0.1) is 5.56 Å². The third-order valence-electron chi connectivity index (χ3n) is 3.88. The number of carbonyl (C=O) groups is 2. The van der Waals surface area contributed by atoms with Crippen LogP contribution in [0.3, 0.4) is 0 Å². The Labute approximate surface area is 143 Å². The normalized spacial score (nSPS) is 19.7. The van der Waals surface area contributed by atoms with Gasteiger partial charge in [0.25, 0.3) is 5.91 Å². The number of carbonyl (C=O) groups excluding carboxylic acids is 2. The number of amides is 2. The molecule has 1 N–H and O–H groups in total. The highest BCUT2D eigenvalue weighted by Crippen LogP contribution is 2.29. The average Bonchev–Trinajstić information content (AvgIpc) is 2.53. The molecule has 1 aliphatic rings. The molecule has 0 saturated carbocycles. The van der Waals surface area contributed by atoms with Crippen molar-refractivity contribution in [2.45, 2.75) is 37.4 Å². The van der Waals surface area contributed by atoms with E-state index in [1.54, 1.807) is 11.8 Å². The van der Waals surface area contributed by atoms with Crippen molar-refractivity contribution in [1.82, 2.24) is 10.2 Å². The van der Waals surface area contributed by atoms with Gasteiger partial charge >= 0.3 is 6.18 Å². The number of alkyl halides is 4. The first-order valence-corrected chi connectivity index (χ1v) is 8.03. The van der Waals surface area contributed by atoms with Gasteiger partial charge in [0.15, 0.2) is 0 Å². The lowest BCUT2D eigenvalue weighted by Gasteiger charge is -2.33. The SMILES string of the molecule is CC(Cl)C(=O)N1CCCC(NC(=O)c2ccc(C(F)(F)F)cc2)C1. The molecular formula is C16H18ClF3N2O2. The summed E-state index contributed by atoms with van der Waals surface area (Å²) in [6, 6.07) is 3.80. The van der Waals surface area contributed by atoms with Crippen LogP contribution in [0.25, 0.3) is 0 Å². The Morgan fingerprint density at radius 1 is 1.29 bits per heavy atom. The minimum atomic E-state index is -4.43. The predicted octanol–water partition coefficient (Wildman–Crippen LogP) is 3.05. The lowest BCUT2D eigenvalue weighted by atomic mass is 10.0. The monoisotopic (exact) mass is 362 g/mol. The quantitative estimate of drug-likeness (QED) is 0.840. The molecule has 24 heavy (non-hydrogen) atoms. The molecule has 2 rings (SSSR count). The summed E-state index contributed by atoms with van der Waals surface area (Å²) in [5, 5.41) is 2.13. The van der Waals surface area contributed by atoms with Gasteiger partial charge in [0.2, 0.25) is 5.91 Å². The molecule has 0 aliphatic carbocycles. The van der Waals surface area contributed by atoms with Crippen molar-refractivity contribution in [1.29, 1.82) is 0 Å². The number of halogens is 4. The van der Waals surface area contributed by atoms with E-state index in [9.17, 15) is 22.8 Å². The molecule has 1 aromatic carbocycles. The summed E-state index contributed by atoms with van der Waals surface area (Å²) in [5.41, 5.74) is -0.651. The second-order valence-electron chi connectivity index (χ2n) is 5.79. The van der Waals surface area contributed by atoms with Crippen LogP contribution in [0.2, 0.25) is 0 Å². The van der Waals surface area contributed by atoms with E-state index in [1.165, 1.54) is 0 Å². The molecule has 2 amide bonds. The third-order valence-corrected chi connectivity index (χ3v) is 4.07. The second-order valence-corrected chi connectivity index (χ2v) is 6.44. The van der Waals surface area contributed by atoms with E-state index >= 15 is 0 Å². The Bertz CT molecular complexity index is 602. The van der Waals surface area contributed by atoms with Gasteiger partial charge < -0.3 is 10.2 Å². The molecule has 8 heteroatoms.